The molecule has 396 valence electrons. The molecule has 0 aliphatic rings. The Morgan fingerprint density at radius 2 is 0.765 bits per heavy atom. The van der Waals surface area contributed by atoms with Gasteiger partial charge in [-0.05, 0) is 89.9 Å². The molecule has 0 aromatic heterocycles. The fourth-order valence-electron chi connectivity index (χ4n) is 8.70. The Kier molecular flexibility index (Phi) is 55.1. The Labute approximate surface area is 422 Å². The van der Waals surface area contributed by atoms with Crippen molar-refractivity contribution >= 4 is 11.9 Å². The molecule has 2 unspecified atom stereocenters. The minimum Gasteiger partial charge on any atom is -0.466 e. The van der Waals surface area contributed by atoms with Crippen LogP contribution < -0.4 is 5.32 Å². The minimum atomic E-state index is -0.843. The predicted octanol–water partition coefficient (Wildman–Crippen LogP) is 18.4. The van der Waals surface area contributed by atoms with E-state index in [0.717, 1.165) is 57.8 Å². The molecule has 0 saturated heterocycles. The molecule has 0 fully saturated rings. The number of allylic oxidation sites excluding steroid dienone is 9. The first-order valence-electron chi connectivity index (χ1n) is 29.6. The highest BCUT2D eigenvalue weighted by Gasteiger charge is 2.18. The van der Waals surface area contributed by atoms with Crippen LogP contribution in [0.25, 0.3) is 0 Å². The number of hydrogen-bond acceptors (Lipinski definition) is 5. The monoisotopic (exact) mass is 952 g/mol. The third kappa shape index (κ3) is 52.9. The molecular weight excluding hydrogens is 839 g/mol. The smallest absolute Gasteiger partial charge is 0.305 e. The van der Waals surface area contributed by atoms with Gasteiger partial charge in [0.1, 0.15) is 0 Å². The third-order valence-corrected chi connectivity index (χ3v) is 13.2. The number of esters is 1. The zero-order valence-corrected chi connectivity index (χ0v) is 45.1. The summed E-state index contributed by atoms with van der Waals surface area (Å²) in [7, 11) is 0. The van der Waals surface area contributed by atoms with E-state index in [1.54, 1.807) is 6.08 Å². The molecule has 0 spiro atoms. The largest absolute Gasteiger partial charge is 0.466 e. The van der Waals surface area contributed by atoms with Crippen molar-refractivity contribution in [3.8, 4) is 0 Å². The molecule has 0 heterocycles. The van der Waals surface area contributed by atoms with Crippen LogP contribution >= 0.6 is 0 Å². The highest BCUT2D eigenvalue weighted by molar-refractivity contribution is 5.76. The first-order chi connectivity index (χ1) is 33.5. The van der Waals surface area contributed by atoms with Crippen LogP contribution in [0.4, 0.5) is 0 Å². The van der Waals surface area contributed by atoms with Crippen molar-refractivity contribution in [3.05, 3.63) is 60.8 Å². The van der Waals surface area contributed by atoms with Gasteiger partial charge in [-0.1, -0.05) is 254 Å². The summed E-state index contributed by atoms with van der Waals surface area (Å²) in [6, 6.07) is -0.627. The maximum Gasteiger partial charge on any atom is 0.305 e. The lowest BCUT2D eigenvalue weighted by Crippen LogP contribution is -2.45. The van der Waals surface area contributed by atoms with E-state index in [1.807, 2.05) is 6.08 Å². The van der Waals surface area contributed by atoms with Crippen molar-refractivity contribution in [2.75, 3.05) is 13.2 Å². The predicted molar refractivity (Wildman–Crippen MR) is 296 cm³/mol. The Morgan fingerprint density at radius 3 is 1.18 bits per heavy atom. The van der Waals surface area contributed by atoms with Crippen LogP contribution in [-0.4, -0.2) is 47.4 Å². The Bertz CT molecular complexity index is 1190. The molecule has 0 rings (SSSR count). The minimum absolute atomic E-state index is 0.00466. The van der Waals surface area contributed by atoms with Crippen LogP contribution in [0.2, 0.25) is 0 Å². The fraction of sp³-hybridized carbons (Fsp3) is 0.806. The quantitative estimate of drug-likeness (QED) is 0.0321. The van der Waals surface area contributed by atoms with Crippen LogP contribution in [0.3, 0.4) is 0 Å². The molecule has 0 aromatic rings. The van der Waals surface area contributed by atoms with E-state index in [4.69, 9.17) is 4.74 Å². The van der Waals surface area contributed by atoms with Gasteiger partial charge in [0.25, 0.3) is 0 Å². The molecule has 0 aliphatic heterocycles. The van der Waals surface area contributed by atoms with Crippen molar-refractivity contribution in [2.24, 2.45) is 0 Å². The highest BCUT2D eigenvalue weighted by atomic mass is 16.5. The number of aliphatic hydroxyl groups is 2. The molecule has 1 amide bonds. The average Bonchev–Trinajstić information content (AvgIpc) is 3.34. The van der Waals surface area contributed by atoms with Gasteiger partial charge in [0.05, 0.1) is 25.4 Å². The SMILES string of the molecule is CCC/C=C\C/C=C\CCCCCCCC(=O)OCCCCCCCCCCC/C=C\C/C=C\CCCCCCCCCCCCCCCC(=O)NC(CO)C(O)/C=C/CCCCCCCCC. The van der Waals surface area contributed by atoms with Crippen molar-refractivity contribution < 1.29 is 24.5 Å². The van der Waals surface area contributed by atoms with E-state index in [2.05, 4.69) is 67.8 Å². The summed E-state index contributed by atoms with van der Waals surface area (Å²) < 4.78 is 5.46. The molecule has 6 nitrogen and oxygen atoms in total. The van der Waals surface area contributed by atoms with Crippen molar-refractivity contribution in [1.82, 2.24) is 5.32 Å². The van der Waals surface area contributed by atoms with E-state index < -0.39 is 12.1 Å². The van der Waals surface area contributed by atoms with Crippen molar-refractivity contribution in [2.45, 2.75) is 309 Å². The molecule has 6 heteroatoms. The summed E-state index contributed by atoms with van der Waals surface area (Å²) in [4.78, 5) is 24.4. The average molecular weight is 953 g/mol. The van der Waals surface area contributed by atoms with Crippen LogP contribution in [0.5, 0.6) is 0 Å². The standard InChI is InChI=1S/C62H113NO5/c1-3-5-7-9-11-13-14-32-36-40-44-48-52-56-62(67)68-57-53-49-45-41-37-34-31-29-27-25-23-21-19-17-15-16-18-20-22-24-26-28-30-33-35-39-43-47-51-55-61(66)63-59(58-64)60(65)54-50-46-42-38-12-10-8-6-4-2/h7,9,13-15,17,21,23,50,54,59-60,64-65H,3-6,8,10-12,16,18-20,22,24-49,51-53,55-58H2,1-2H3,(H,63,66)/b9-7-,14-13-,17-15-,23-21-,54-50+. The lowest BCUT2D eigenvalue weighted by molar-refractivity contribution is -0.143. The van der Waals surface area contributed by atoms with Crippen molar-refractivity contribution in [3.63, 3.8) is 0 Å². The summed E-state index contributed by atoms with van der Waals surface area (Å²) in [5.41, 5.74) is 0. The van der Waals surface area contributed by atoms with Gasteiger partial charge in [0, 0.05) is 12.8 Å². The normalized spacial score (nSPS) is 13.1. The molecule has 0 radical (unpaired) electrons. The van der Waals surface area contributed by atoms with Crippen molar-refractivity contribution in [1.29, 1.82) is 0 Å². The van der Waals surface area contributed by atoms with E-state index in [1.165, 1.54) is 212 Å². The van der Waals surface area contributed by atoms with Crippen LogP contribution in [0.15, 0.2) is 60.8 Å². The van der Waals surface area contributed by atoms with E-state index in [0.29, 0.717) is 19.4 Å². The van der Waals surface area contributed by atoms with E-state index in [-0.39, 0.29) is 18.5 Å². The maximum absolute atomic E-state index is 12.4. The first kappa shape index (κ1) is 65.6. The summed E-state index contributed by atoms with van der Waals surface area (Å²) in [5, 5.41) is 22.9. The van der Waals surface area contributed by atoms with Gasteiger partial charge >= 0.3 is 5.97 Å². The number of nitrogens with one attached hydrogen (secondary N) is 1. The summed E-state index contributed by atoms with van der Waals surface area (Å²) >= 11 is 0. The second-order valence-electron chi connectivity index (χ2n) is 20.0. The molecule has 0 aromatic carbocycles. The molecule has 68 heavy (non-hydrogen) atoms. The van der Waals surface area contributed by atoms with E-state index >= 15 is 0 Å². The van der Waals surface area contributed by atoms with Gasteiger partial charge in [0.15, 0.2) is 0 Å². The number of carbonyl (C=O) groups is 2. The zero-order valence-electron chi connectivity index (χ0n) is 45.1. The molecular formula is C62H113NO5. The van der Waals surface area contributed by atoms with Gasteiger partial charge in [-0.15, -0.1) is 0 Å². The molecule has 3 N–H and O–H groups in total. The Hall–Kier alpha value is -2.44. The van der Waals surface area contributed by atoms with Gasteiger partial charge < -0.3 is 20.3 Å². The number of amides is 1. The number of hydrogen-bond donors (Lipinski definition) is 3. The fourth-order valence-corrected chi connectivity index (χ4v) is 8.70. The number of ether oxygens (including phenoxy) is 1. The van der Waals surface area contributed by atoms with Gasteiger partial charge in [0.2, 0.25) is 5.91 Å². The second-order valence-corrected chi connectivity index (χ2v) is 20.0. The maximum atomic E-state index is 12.4. The van der Waals surface area contributed by atoms with Gasteiger partial charge in [-0.3, -0.25) is 9.59 Å². The zero-order chi connectivity index (χ0) is 49.3. The number of rotatable bonds is 54. The van der Waals surface area contributed by atoms with Gasteiger partial charge in [-0.2, -0.15) is 0 Å². The number of carbonyl (C=O) groups excluding carboxylic acids is 2. The molecule has 0 saturated carbocycles. The lowest BCUT2D eigenvalue weighted by atomic mass is 10.0. The number of aliphatic hydroxyl groups excluding tert-OH is 2. The summed E-state index contributed by atoms with van der Waals surface area (Å²) in [5.74, 6) is -0.0771. The van der Waals surface area contributed by atoms with Crippen LogP contribution in [0, 0.1) is 0 Å². The van der Waals surface area contributed by atoms with E-state index in [9.17, 15) is 19.8 Å². The summed E-state index contributed by atoms with van der Waals surface area (Å²) in [6.45, 7) is 4.80. The first-order valence-corrected chi connectivity index (χ1v) is 29.6. The van der Waals surface area contributed by atoms with Gasteiger partial charge in [-0.25, -0.2) is 0 Å². The summed E-state index contributed by atoms with van der Waals surface area (Å²) in [6.07, 6.45) is 74.1. The Balaban J connectivity index is 3.41. The van der Waals surface area contributed by atoms with Crippen LogP contribution in [0.1, 0.15) is 296 Å². The molecule has 2 atom stereocenters. The Morgan fingerprint density at radius 1 is 0.412 bits per heavy atom. The molecule has 0 aliphatic carbocycles. The number of unbranched alkanes of at least 4 members (excludes halogenated alkanes) is 35. The molecule has 0 bridgehead atoms. The topological polar surface area (TPSA) is 95.9 Å². The second kappa shape index (κ2) is 57.1. The third-order valence-electron chi connectivity index (χ3n) is 13.2. The lowest BCUT2D eigenvalue weighted by Gasteiger charge is -2.20. The highest BCUT2D eigenvalue weighted by Crippen LogP contribution is 2.16. The van der Waals surface area contributed by atoms with Crippen LogP contribution in [-0.2, 0) is 14.3 Å².